The Morgan fingerprint density at radius 3 is 3.08 bits per heavy atom. The summed E-state index contributed by atoms with van der Waals surface area (Å²) in [5.41, 5.74) is 0. The van der Waals surface area contributed by atoms with Crippen molar-refractivity contribution in [2.45, 2.75) is 32.2 Å². The Balaban J connectivity index is 2.18. The van der Waals surface area contributed by atoms with Crippen molar-refractivity contribution in [2.24, 2.45) is 0 Å². The number of aromatic nitrogens is 4. The van der Waals surface area contributed by atoms with Gasteiger partial charge in [0.25, 0.3) is 0 Å². The molecule has 1 aromatic heterocycles. The van der Waals surface area contributed by atoms with Crippen molar-refractivity contribution in [3.8, 4) is 0 Å². The van der Waals surface area contributed by atoms with Gasteiger partial charge in [-0.1, -0.05) is 12.2 Å². The summed E-state index contributed by atoms with van der Waals surface area (Å²) in [6, 6.07) is 0.333. The van der Waals surface area contributed by atoms with Crippen LogP contribution in [-0.2, 0) is 0 Å². The van der Waals surface area contributed by atoms with Crippen molar-refractivity contribution in [1.82, 2.24) is 20.2 Å². The van der Waals surface area contributed by atoms with Crippen LogP contribution < -0.4 is 0 Å². The van der Waals surface area contributed by atoms with Crippen molar-refractivity contribution < 1.29 is 0 Å². The summed E-state index contributed by atoms with van der Waals surface area (Å²) >= 11 is 0. The summed E-state index contributed by atoms with van der Waals surface area (Å²) in [4.78, 5) is 1.70. The summed E-state index contributed by atoms with van der Waals surface area (Å²) in [6.07, 6.45) is 7.88. The van der Waals surface area contributed by atoms with Gasteiger partial charge in [0.2, 0.25) is 0 Å². The molecule has 1 heterocycles. The first-order valence-corrected chi connectivity index (χ1v) is 4.29. The van der Waals surface area contributed by atoms with Crippen LogP contribution in [0, 0.1) is 6.92 Å². The predicted molar refractivity (Wildman–Crippen MR) is 44.6 cm³/mol. The number of tetrazole rings is 1. The Bertz CT molecular complexity index is 289. The Hall–Kier alpha value is -1.19. The van der Waals surface area contributed by atoms with E-state index < -0.39 is 0 Å². The summed E-state index contributed by atoms with van der Waals surface area (Å²) in [5.74, 6) is 0.744. The average Bonchev–Trinajstić information content (AvgIpc) is 2.54. The molecule has 12 heavy (non-hydrogen) atoms. The van der Waals surface area contributed by atoms with Crippen LogP contribution in [0.4, 0.5) is 0 Å². The monoisotopic (exact) mass is 164 g/mol. The average molecular weight is 164 g/mol. The highest BCUT2D eigenvalue weighted by molar-refractivity contribution is 4.94. The second-order valence-electron chi connectivity index (χ2n) is 3.08. The molecule has 1 unspecified atom stereocenters. The first-order valence-electron chi connectivity index (χ1n) is 4.29. The van der Waals surface area contributed by atoms with Crippen molar-refractivity contribution in [1.29, 1.82) is 0 Å². The molecule has 2 rings (SSSR count). The van der Waals surface area contributed by atoms with Gasteiger partial charge in [-0.25, -0.2) is 0 Å². The van der Waals surface area contributed by atoms with Crippen molar-refractivity contribution in [3.63, 3.8) is 0 Å². The van der Waals surface area contributed by atoms with E-state index >= 15 is 0 Å². The summed E-state index contributed by atoms with van der Waals surface area (Å²) in [5, 5.41) is 12.0. The Morgan fingerprint density at radius 1 is 1.58 bits per heavy atom. The summed E-state index contributed by atoms with van der Waals surface area (Å²) in [7, 11) is 0. The minimum Gasteiger partial charge on any atom is -0.157 e. The molecule has 1 aromatic rings. The number of hydrogen-bond acceptors (Lipinski definition) is 3. The van der Waals surface area contributed by atoms with Crippen LogP contribution in [0.5, 0.6) is 0 Å². The maximum Gasteiger partial charge on any atom is 0.171 e. The molecule has 1 aliphatic rings. The molecule has 0 saturated heterocycles. The molecule has 64 valence electrons. The molecular formula is C8H12N4. The first-order chi connectivity index (χ1) is 5.86. The van der Waals surface area contributed by atoms with E-state index in [0.717, 1.165) is 12.2 Å². The molecule has 0 spiro atoms. The molecule has 0 amide bonds. The van der Waals surface area contributed by atoms with Crippen LogP contribution >= 0.6 is 0 Å². The molecular weight excluding hydrogens is 152 g/mol. The number of rotatable bonds is 1. The minimum absolute atomic E-state index is 0.333. The number of hydrogen-bond donors (Lipinski definition) is 0. The Kier molecular flexibility index (Phi) is 1.89. The topological polar surface area (TPSA) is 43.6 Å². The quantitative estimate of drug-likeness (QED) is 0.587. The van der Waals surface area contributed by atoms with Crippen molar-refractivity contribution in [3.05, 3.63) is 18.0 Å². The lowest BCUT2D eigenvalue weighted by atomic mass is 10.0. The van der Waals surface area contributed by atoms with Gasteiger partial charge < -0.3 is 0 Å². The third kappa shape index (κ3) is 1.37. The highest BCUT2D eigenvalue weighted by Crippen LogP contribution is 2.19. The molecule has 0 aliphatic heterocycles. The predicted octanol–water partition coefficient (Wildman–Crippen LogP) is 1.26. The molecule has 0 fully saturated rings. The van der Waals surface area contributed by atoms with Gasteiger partial charge in [-0.15, -0.1) is 10.2 Å². The number of allylic oxidation sites excluding steroid dienone is 2. The zero-order chi connectivity index (χ0) is 8.39. The van der Waals surface area contributed by atoms with Crippen LogP contribution in [0.2, 0.25) is 0 Å². The van der Waals surface area contributed by atoms with Crippen LogP contribution in [0.1, 0.15) is 31.1 Å². The summed E-state index contributed by atoms with van der Waals surface area (Å²) in [6.45, 7) is 1.86. The van der Waals surface area contributed by atoms with Crippen LogP contribution in [-0.4, -0.2) is 20.2 Å². The molecule has 0 N–H and O–H groups in total. The molecule has 1 aliphatic carbocycles. The maximum atomic E-state index is 4.18. The fourth-order valence-corrected chi connectivity index (χ4v) is 1.43. The van der Waals surface area contributed by atoms with Gasteiger partial charge in [0.05, 0.1) is 6.04 Å². The van der Waals surface area contributed by atoms with Crippen LogP contribution in [0.25, 0.3) is 0 Å². The molecule has 0 saturated carbocycles. The molecule has 0 radical (unpaired) electrons. The number of aryl methyl sites for hydroxylation is 1. The fourth-order valence-electron chi connectivity index (χ4n) is 1.43. The van der Waals surface area contributed by atoms with Crippen LogP contribution in [0.3, 0.4) is 0 Å². The largest absolute Gasteiger partial charge is 0.171 e. The third-order valence-corrected chi connectivity index (χ3v) is 2.05. The van der Waals surface area contributed by atoms with Gasteiger partial charge in [-0.3, -0.25) is 0 Å². The Morgan fingerprint density at radius 2 is 2.50 bits per heavy atom. The maximum absolute atomic E-state index is 4.18. The minimum atomic E-state index is 0.333. The highest BCUT2D eigenvalue weighted by Gasteiger charge is 2.12. The normalized spacial score (nSPS) is 22.9. The highest BCUT2D eigenvalue weighted by atomic mass is 15.6. The van der Waals surface area contributed by atoms with Crippen molar-refractivity contribution in [2.75, 3.05) is 0 Å². The molecule has 0 bridgehead atoms. The lowest BCUT2D eigenvalue weighted by molar-refractivity contribution is 0.417. The van der Waals surface area contributed by atoms with E-state index in [-0.39, 0.29) is 0 Å². The second kappa shape index (κ2) is 3.05. The van der Waals surface area contributed by atoms with Gasteiger partial charge in [-0.05, 0) is 31.4 Å². The van der Waals surface area contributed by atoms with E-state index in [0.29, 0.717) is 6.04 Å². The van der Waals surface area contributed by atoms with Gasteiger partial charge in [0.15, 0.2) is 5.82 Å². The molecule has 1 atom stereocenters. The van der Waals surface area contributed by atoms with Crippen LogP contribution in [0.15, 0.2) is 12.2 Å². The third-order valence-electron chi connectivity index (χ3n) is 2.05. The van der Waals surface area contributed by atoms with E-state index in [1.807, 2.05) is 6.92 Å². The molecule has 0 aromatic carbocycles. The SMILES string of the molecule is Cc1nnn(C2C=CCCC2)n1. The smallest absolute Gasteiger partial charge is 0.157 e. The van der Waals surface area contributed by atoms with E-state index in [9.17, 15) is 0 Å². The van der Waals surface area contributed by atoms with E-state index in [2.05, 4.69) is 27.6 Å². The van der Waals surface area contributed by atoms with Gasteiger partial charge in [0.1, 0.15) is 0 Å². The fraction of sp³-hybridized carbons (Fsp3) is 0.625. The first kappa shape index (κ1) is 7.46. The standard InChI is InChI=1S/C8H12N4/c1-7-9-11-12(10-7)8-5-3-2-4-6-8/h3,5,8H,2,4,6H2,1H3. The van der Waals surface area contributed by atoms with Gasteiger partial charge in [0, 0.05) is 0 Å². The van der Waals surface area contributed by atoms with Crippen molar-refractivity contribution >= 4 is 0 Å². The lowest BCUT2D eigenvalue weighted by Gasteiger charge is -2.13. The molecule has 4 heteroatoms. The lowest BCUT2D eigenvalue weighted by Crippen LogP contribution is -2.12. The van der Waals surface area contributed by atoms with Gasteiger partial charge >= 0.3 is 0 Å². The van der Waals surface area contributed by atoms with Gasteiger partial charge in [-0.2, -0.15) is 4.80 Å². The summed E-state index contributed by atoms with van der Waals surface area (Å²) < 4.78 is 0. The zero-order valence-electron chi connectivity index (χ0n) is 7.14. The van der Waals surface area contributed by atoms with E-state index in [4.69, 9.17) is 0 Å². The van der Waals surface area contributed by atoms with E-state index in [1.165, 1.54) is 12.8 Å². The Labute approximate surface area is 71.3 Å². The second-order valence-corrected chi connectivity index (χ2v) is 3.08. The molecule has 4 nitrogen and oxygen atoms in total. The zero-order valence-corrected chi connectivity index (χ0v) is 7.14. The number of nitrogens with zero attached hydrogens (tertiary/aromatic N) is 4. The van der Waals surface area contributed by atoms with E-state index in [1.54, 1.807) is 4.80 Å².